The van der Waals surface area contributed by atoms with E-state index in [1.165, 1.54) is 5.56 Å². The van der Waals surface area contributed by atoms with Crippen LogP contribution in [0, 0.1) is 0 Å². The first kappa shape index (κ1) is 17.9. The summed E-state index contributed by atoms with van der Waals surface area (Å²) in [6.45, 7) is 4.94. The number of carbonyl (C=O) groups excluding carboxylic acids is 1. The van der Waals surface area contributed by atoms with E-state index in [0.717, 1.165) is 55.3 Å². The molecule has 1 fully saturated rings. The third-order valence-corrected chi connectivity index (χ3v) is 5.53. The Balaban J connectivity index is 1.12. The van der Waals surface area contributed by atoms with Crippen molar-refractivity contribution in [3.8, 4) is 11.5 Å². The van der Waals surface area contributed by atoms with Gasteiger partial charge in [-0.3, -0.25) is 9.69 Å². The van der Waals surface area contributed by atoms with Crippen LogP contribution in [0.25, 0.3) is 11.0 Å². The van der Waals surface area contributed by atoms with Crippen molar-refractivity contribution in [2.45, 2.75) is 19.5 Å². The first-order chi connectivity index (χ1) is 14.3. The van der Waals surface area contributed by atoms with Gasteiger partial charge in [0.05, 0.1) is 12.1 Å². The van der Waals surface area contributed by atoms with Crippen LogP contribution in [0.5, 0.6) is 11.5 Å². The smallest absolute Gasteiger partial charge is 0.231 e. The minimum Gasteiger partial charge on any atom is -0.454 e. The Labute approximate surface area is 168 Å². The fourth-order valence-electron chi connectivity index (χ4n) is 3.90. The number of aryl methyl sites for hydroxylation is 1. The summed E-state index contributed by atoms with van der Waals surface area (Å²) in [6.07, 6.45) is 0.440. The molecule has 1 saturated heterocycles. The van der Waals surface area contributed by atoms with E-state index in [4.69, 9.17) is 9.47 Å². The fraction of sp³-hybridized carbons (Fsp3) is 0.381. The zero-order valence-corrected chi connectivity index (χ0v) is 16.2. The third-order valence-electron chi connectivity index (χ3n) is 5.53. The zero-order chi connectivity index (χ0) is 19.6. The lowest BCUT2D eigenvalue weighted by Crippen LogP contribution is -2.48. The number of piperazine rings is 1. The predicted molar refractivity (Wildman–Crippen MR) is 107 cm³/mol. The van der Waals surface area contributed by atoms with Gasteiger partial charge in [0, 0.05) is 39.1 Å². The van der Waals surface area contributed by atoms with Gasteiger partial charge in [-0.15, -0.1) is 5.10 Å². The van der Waals surface area contributed by atoms with Crippen molar-refractivity contribution in [1.82, 2.24) is 24.8 Å². The van der Waals surface area contributed by atoms with Crippen LogP contribution in [0.1, 0.15) is 12.0 Å². The first-order valence-corrected chi connectivity index (χ1v) is 9.93. The molecule has 29 heavy (non-hydrogen) atoms. The maximum absolute atomic E-state index is 12.6. The van der Waals surface area contributed by atoms with E-state index in [0.29, 0.717) is 19.8 Å². The Kier molecular flexibility index (Phi) is 4.77. The van der Waals surface area contributed by atoms with Crippen molar-refractivity contribution >= 4 is 16.9 Å². The maximum atomic E-state index is 12.6. The summed E-state index contributed by atoms with van der Waals surface area (Å²) >= 11 is 0. The van der Waals surface area contributed by atoms with Crippen LogP contribution in [0.2, 0.25) is 0 Å². The molecule has 8 nitrogen and oxygen atoms in total. The van der Waals surface area contributed by atoms with Crippen molar-refractivity contribution in [2.75, 3.05) is 33.0 Å². The second kappa shape index (κ2) is 7.71. The van der Waals surface area contributed by atoms with Crippen molar-refractivity contribution < 1.29 is 14.3 Å². The number of fused-ring (bicyclic) bond motifs is 2. The molecule has 150 valence electrons. The molecule has 2 aliphatic rings. The number of aromatic nitrogens is 3. The number of hydrogen-bond donors (Lipinski definition) is 0. The molecular formula is C21H23N5O3. The maximum Gasteiger partial charge on any atom is 0.231 e. The summed E-state index contributed by atoms with van der Waals surface area (Å²) in [4.78, 5) is 17.0. The van der Waals surface area contributed by atoms with Crippen molar-refractivity contribution in [2.24, 2.45) is 0 Å². The molecule has 0 spiro atoms. The molecule has 2 aliphatic heterocycles. The number of carbonyl (C=O) groups is 1. The molecule has 1 amide bonds. The van der Waals surface area contributed by atoms with E-state index in [1.807, 2.05) is 46.0 Å². The molecule has 3 aromatic rings. The van der Waals surface area contributed by atoms with Crippen molar-refractivity contribution in [3.05, 3.63) is 48.0 Å². The van der Waals surface area contributed by atoms with Crippen LogP contribution < -0.4 is 9.47 Å². The van der Waals surface area contributed by atoms with Gasteiger partial charge in [0.15, 0.2) is 11.5 Å². The number of hydrogen-bond acceptors (Lipinski definition) is 6. The highest BCUT2D eigenvalue weighted by Crippen LogP contribution is 2.32. The third kappa shape index (κ3) is 3.75. The molecule has 8 heteroatoms. The number of amides is 1. The number of rotatable bonds is 5. The number of para-hydroxylation sites is 1. The summed E-state index contributed by atoms with van der Waals surface area (Å²) < 4.78 is 12.6. The first-order valence-electron chi connectivity index (χ1n) is 9.93. The second-order valence-corrected chi connectivity index (χ2v) is 7.40. The standard InChI is InChI=1S/C21H23N5O3/c27-21(7-8-26-18-4-2-1-3-17(18)22-23-26)25-11-9-24(10-12-25)14-16-5-6-19-20(13-16)29-15-28-19/h1-6,13H,7-12,14-15H2. The van der Waals surface area contributed by atoms with Gasteiger partial charge < -0.3 is 14.4 Å². The Hall–Kier alpha value is -3.13. The lowest BCUT2D eigenvalue weighted by molar-refractivity contribution is -0.133. The molecular weight excluding hydrogens is 370 g/mol. The highest BCUT2D eigenvalue weighted by atomic mass is 16.7. The molecule has 0 N–H and O–H groups in total. The molecule has 2 aromatic carbocycles. The summed E-state index contributed by atoms with van der Waals surface area (Å²) in [7, 11) is 0. The Morgan fingerprint density at radius 3 is 2.72 bits per heavy atom. The van der Waals surface area contributed by atoms with Gasteiger partial charge in [-0.05, 0) is 29.8 Å². The van der Waals surface area contributed by atoms with Gasteiger partial charge in [0.1, 0.15) is 5.52 Å². The molecule has 0 bridgehead atoms. The molecule has 0 saturated carbocycles. The Bertz CT molecular complexity index is 1030. The summed E-state index contributed by atoms with van der Waals surface area (Å²) in [5.74, 6) is 1.80. The minimum absolute atomic E-state index is 0.173. The van der Waals surface area contributed by atoms with Crippen LogP contribution in [0.15, 0.2) is 42.5 Å². The van der Waals surface area contributed by atoms with Crippen LogP contribution in [0.4, 0.5) is 0 Å². The summed E-state index contributed by atoms with van der Waals surface area (Å²) in [5.41, 5.74) is 3.03. The second-order valence-electron chi connectivity index (χ2n) is 7.40. The number of nitrogens with zero attached hydrogens (tertiary/aromatic N) is 5. The van der Waals surface area contributed by atoms with E-state index in [-0.39, 0.29) is 5.91 Å². The quantitative estimate of drug-likeness (QED) is 0.659. The molecule has 0 aliphatic carbocycles. The number of benzene rings is 2. The summed E-state index contributed by atoms with van der Waals surface area (Å²) in [5, 5.41) is 8.31. The monoisotopic (exact) mass is 393 g/mol. The normalized spacial score (nSPS) is 16.5. The fourth-order valence-corrected chi connectivity index (χ4v) is 3.90. The van der Waals surface area contributed by atoms with Crippen LogP contribution >= 0.6 is 0 Å². The van der Waals surface area contributed by atoms with Gasteiger partial charge in [0.25, 0.3) is 0 Å². The van der Waals surface area contributed by atoms with E-state index >= 15 is 0 Å². The average molecular weight is 393 g/mol. The van der Waals surface area contributed by atoms with Gasteiger partial charge in [0.2, 0.25) is 12.7 Å². The lowest BCUT2D eigenvalue weighted by Gasteiger charge is -2.34. The highest BCUT2D eigenvalue weighted by Gasteiger charge is 2.22. The number of ether oxygens (including phenoxy) is 2. The van der Waals surface area contributed by atoms with E-state index in [2.05, 4.69) is 21.3 Å². The largest absolute Gasteiger partial charge is 0.454 e. The Morgan fingerprint density at radius 2 is 1.83 bits per heavy atom. The van der Waals surface area contributed by atoms with Crippen LogP contribution in [-0.2, 0) is 17.9 Å². The molecule has 0 unspecified atom stereocenters. The predicted octanol–water partition coefficient (Wildman–Crippen LogP) is 1.89. The van der Waals surface area contributed by atoms with Crippen molar-refractivity contribution in [3.63, 3.8) is 0 Å². The molecule has 0 radical (unpaired) electrons. The van der Waals surface area contributed by atoms with Gasteiger partial charge in [-0.2, -0.15) is 0 Å². The minimum atomic E-state index is 0.173. The average Bonchev–Trinajstić information content (AvgIpc) is 3.39. The van der Waals surface area contributed by atoms with Crippen molar-refractivity contribution in [1.29, 1.82) is 0 Å². The van der Waals surface area contributed by atoms with E-state index in [1.54, 1.807) is 0 Å². The van der Waals surface area contributed by atoms with Gasteiger partial charge in [-0.25, -0.2) is 4.68 Å². The molecule has 1 aromatic heterocycles. The SMILES string of the molecule is O=C(CCn1nnc2ccccc21)N1CCN(Cc2ccc3c(c2)OCO3)CC1. The lowest BCUT2D eigenvalue weighted by atomic mass is 10.1. The summed E-state index contributed by atoms with van der Waals surface area (Å²) in [6, 6.07) is 13.9. The highest BCUT2D eigenvalue weighted by molar-refractivity contribution is 5.77. The zero-order valence-electron chi connectivity index (χ0n) is 16.2. The topological polar surface area (TPSA) is 72.7 Å². The molecule has 0 atom stereocenters. The van der Waals surface area contributed by atoms with E-state index in [9.17, 15) is 4.79 Å². The van der Waals surface area contributed by atoms with Gasteiger partial charge >= 0.3 is 0 Å². The molecule has 3 heterocycles. The van der Waals surface area contributed by atoms with Gasteiger partial charge in [-0.1, -0.05) is 23.4 Å². The Morgan fingerprint density at radius 1 is 1.00 bits per heavy atom. The van der Waals surface area contributed by atoms with Crippen LogP contribution in [0.3, 0.4) is 0 Å². The molecule has 5 rings (SSSR count). The van der Waals surface area contributed by atoms with E-state index < -0.39 is 0 Å². The van der Waals surface area contributed by atoms with Crippen LogP contribution in [-0.4, -0.2) is 63.7 Å².